The first kappa shape index (κ1) is 16.8. The Hall–Kier alpha value is -2.66. The highest BCUT2D eigenvalue weighted by Gasteiger charge is 2.33. The van der Waals surface area contributed by atoms with Crippen molar-refractivity contribution in [2.75, 3.05) is 0 Å². The number of rotatable bonds is 3. The van der Waals surface area contributed by atoms with Crippen LogP contribution in [0.25, 0.3) is 14.7 Å². The maximum atomic E-state index is 12.8. The van der Waals surface area contributed by atoms with Gasteiger partial charge in [0, 0.05) is 5.57 Å². The lowest BCUT2D eigenvalue weighted by atomic mass is 9.94. The zero-order valence-corrected chi connectivity index (χ0v) is 16.0. The number of cyclic esters (lactones) is 1. The van der Waals surface area contributed by atoms with Crippen LogP contribution in [0.2, 0.25) is 0 Å². The van der Waals surface area contributed by atoms with Crippen LogP contribution < -0.4 is 0 Å². The smallest absolute Gasteiger partial charge is 0.344 e. The second kappa shape index (κ2) is 7.30. The molecule has 126 valence electrons. The van der Waals surface area contributed by atoms with Crippen LogP contribution >= 0.6 is 22.6 Å². The summed E-state index contributed by atoms with van der Waals surface area (Å²) in [7, 11) is 0. The normalized spacial score (nSPS) is 15.8. The summed E-state index contributed by atoms with van der Waals surface area (Å²) in [5.74, 6) is 0.307. The first-order valence-corrected chi connectivity index (χ1v) is 9.36. The third-order valence-corrected chi connectivity index (χ3v) is 5.34. The van der Waals surface area contributed by atoms with Gasteiger partial charge in [0.05, 0.1) is 9.15 Å². The maximum Gasteiger partial charge on any atom is 0.344 e. The van der Waals surface area contributed by atoms with E-state index in [1.165, 1.54) is 0 Å². The number of esters is 1. The van der Waals surface area contributed by atoms with Crippen molar-refractivity contribution in [3.05, 3.63) is 113 Å². The molecule has 0 bridgehead atoms. The molecule has 3 aromatic rings. The Morgan fingerprint density at radius 2 is 1.12 bits per heavy atom. The van der Waals surface area contributed by atoms with Crippen LogP contribution in [-0.2, 0) is 9.53 Å². The Morgan fingerprint density at radius 3 is 1.65 bits per heavy atom. The van der Waals surface area contributed by atoms with Gasteiger partial charge in [-0.2, -0.15) is 0 Å². The summed E-state index contributed by atoms with van der Waals surface area (Å²) in [6, 6.07) is 29.6. The van der Waals surface area contributed by atoms with Crippen LogP contribution in [0.15, 0.2) is 96.8 Å². The Balaban J connectivity index is 1.99. The van der Waals surface area contributed by atoms with Crippen molar-refractivity contribution in [3.63, 3.8) is 0 Å². The molecule has 0 fully saturated rings. The zero-order chi connectivity index (χ0) is 17.9. The van der Waals surface area contributed by atoms with E-state index >= 15 is 0 Å². The van der Waals surface area contributed by atoms with Crippen molar-refractivity contribution in [1.29, 1.82) is 0 Å². The minimum absolute atomic E-state index is 0.310. The summed E-state index contributed by atoms with van der Waals surface area (Å²) in [4.78, 5) is 12.8. The number of hydrogen-bond donors (Lipinski definition) is 0. The van der Waals surface area contributed by atoms with Crippen LogP contribution in [0.3, 0.4) is 0 Å². The second-order valence-electron chi connectivity index (χ2n) is 5.88. The standard InChI is InChI=1S/C23H15IO2/c24-21(18-14-8-3-9-15-18)22-19(16-10-4-1-5-11-16)20(23(25)26-22)17-12-6-2-7-13-17/h1-15H/b22-21+. The molecule has 0 atom stereocenters. The monoisotopic (exact) mass is 450 g/mol. The van der Waals surface area contributed by atoms with Gasteiger partial charge in [0.2, 0.25) is 0 Å². The molecule has 0 spiro atoms. The van der Waals surface area contributed by atoms with E-state index in [1.807, 2.05) is 91.0 Å². The quantitative estimate of drug-likeness (QED) is 0.364. The van der Waals surface area contributed by atoms with Crippen molar-refractivity contribution in [2.24, 2.45) is 0 Å². The minimum Gasteiger partial charge on any atom is -0.421 e. The number of carbonyl (C=O) groups is 1. The summed E-state index contributed by atoms with van der Waals surface area (Å²) in [6.07, 6.45) is 0. The van der Waals surface area contributed by atoms with Crippen LogP contribution in [0, 0.1) is 0 Å². The van der Waals surface area contributed by atoms with Gasteiger partial charge >= 0.3 is 5.97 Å². The molecule has 0 aliphatic carbocycles. The van der Waals surface area contributed by atoms with E-state index in [0.29, 0.717) is 11.3 Å². The van der Waals surface area contributed by atoms with Gasteiger partial charge in [-0.1, -0.05) is 91.0 Å². The molecule has 4 rings (SSSR count). The zero-order valence-electron chi connectivity index (χ0n) is 13.9. The largest absolute Gasteiger partial charge is 0.421 e. The molecule has 0 saturated carbocycles. The maximum absolute atomic E-state index is 12.8. The summed E-state index contributed by atoms with van der Waals surface area (Å²) in [5, 5.41) is 0. The molecule has 0 N–H and O–H groups in total. The lowest BCUT2D eigenvalue weighted by Crippen LogP contribution is -1.98. The molecule has 0 unspecified atom stereocenters. The topological polar surface area (TPSA) is 26.3 Å². The van der Waals surface area contributed by atoms with Gasteiger partial charge < -0.3 is 4.74 Å². The predicted octanol–water partition coefficient (Wildman–Crippen LogP) is 5.96. The average Bonchev–Trinajstić information content (AvgIpc) is 3.06. The van der Waals surface area contributed by atoms with Gasteiger partial charge in [-0.15, -0.1) is 0 Å². The van der Waals surface area contributed by atoms with Crippen molar-refractivity contribution < 1.29 is 9.53 Å². The van der Waals surface area contributed by atoms with Crippen molar-refractivity contribution in [3.8, 4) is 0 Å². The summed E-state index contributed by atoms with van der Waals surface area (Å²) in [6.45, 7) is 0. The first-order valence-electron chi connectivity index (χ1n) is 8.28. The average molecular weight is 450 g/mol. The van der Waals surface area contributed by atoms with E-state index in [1.54, 1.807) is 0 Å². The Morgan fingerprint density at radius 1 is 0.654 bits per heavy atom. The fourth-order valence-corrected chi connectivity index (χ4v) is 3.77. The van der Waals surface area contributed by atoms with Gasteiger partial charge in [0.25, 0.3) is 0 Å². The van der Waals surface area contributed by atoms with E-state index in [2.05, 4.69) is 22.6 Å². The summed E-state index contributed by atoms with van der Waals surface area (Å²) < 4.78 is 6.69. The van der Waals surface area contributed by atoms with E-state index in [0.717, 1.165) is 25.8 Å². The SMILES string of the molecule is O=C1O/C(=C(/I)c2ccccc2)C(c2ccccc2)=C1c1ccccc1. The fraction of sp³-hybridized carbons (Fsp3) is 0. The van der Waals surface area contributed by atoms with E-state index in [4.69, 9.17) is 4.74 Å². The van der Waals surface area contributed by atoms with Gasteiger partial charge in [-0.05, 0) is 39.3 Å². The lowest BCUT2D eigenvalue weighted by molar-refractivity contribution is -0.131. The Kier molecular flexibility index (Phi) is 4.71. The lowest BCUT2D eigenvalue weighted by Gasteiger charge is -2.09. The summed E-state index contributed by atoms with van der Waals surface area (Å²) in [5.41, 5.74) is 4.31. The molecule has 0 amide bonds. The fourth-order valence-electron chi connectivity index (χ4n) is 3.03. The molecule has 1 aliphatic rings. The van der Waals surface area contributed by atoms with Gasteiger partial charge in [-0.25, -0.2) is 4.79 Å². The molecule has 26 heavy (non-hydrogen) atoms. The first-order chi connectivity index (χ1) is 12.8. The Labute approximate surface area is 166 Å². The number of carbonyl (C=O) groups excluding carboxylic acids is 1. The molecule has 0 saturated heterocycles. The Bertz CT molecular complexity index is 1000. The van der Waals surface area contributed by atoms with Crippen molar-refractivity contribution in [1.82, 2.24) is 0 Å². The predicted molar refractivity (Wildman–Crippen MR) is 113 cm³/mol. The van der Waals surface area contributed by atoms with Crippen LogP contribution in [0.4, 0.5) is 0 Å². The third kappa shape index (κ3) is 3.10. The second-order valence-corrected chi connectivity index (χ2v) is 6.96. The van der Waals surface area contributed by atoms with E-state index < -0.39 is 0 Å². The summed E-state index contributed by atoms with van der Waals surface area (Å²) >= 11 is 2.26. The molecular weight excluding hydrogens is 435 g/mol. The van der Waals surface area contributed by atoms with Crippen molar-refractivity contribution >= 4 is 43.3 Å². The number of allylic oxidation sites excluding steroid dienone is 1. The molecular formula is C23H15IO2. The molecule has 1 aliphatic heterocycles. The number of ether oxygens (including phenoxy) is 1. The molecule has 1 heterocycles. The highest BCUT2D eigenvalue weighted by atomic mass is 127. The molecule has 0 aromatic heterocycles. The van der Waals surface area contributed by atoms with Gasteiger partial charge in [0.1, 0.15) is 0 Å². The van der Waals surface area contributed by atoms with Gasteiger partial charge in [0.15, 0.2) is 5.76 Å². The van der Waals surface area contributed by atoms with Gasteiger partial charge in [-0.3, -0.25) is 0 Å². The van der Waals surface area contributed by atoms with Crippen LogP contribution in [-0.4, -0.2) is 5.97 Å². The highest BCUT2D eigenvalue weighted by Crippen LogP contribution is 2.44. The highest BCUT2D eigenvalue weighted by molar-refractivity contribution is 14.1. The molecule has 0 radical (unpaired) electrons. The third-order valence-electron chi connectivity index (χ3n) is 4.23. The van der Waals surface area contributed by atoms with E-state index in [-0.39, 0.29) is 5.97 Å². The minimum atomic E-state index is -0.310. The number of hydrogen-bond acceptors (Lipinski definition) is 2. The number of halogens is 1. The van der Waals surface area contributed by atoms with Crippen LogP contribution in [0.1, 0.15) is 16.7 Å². The van der Waals surface area contributed by atoms with E-state index in [9.17, 15) is 4.79 Å². The molecule has 2 nitrogen and oxygen atoms in total. The molecule has 3 heteroatoms. The molecule has 3 aromatic carbocycles. The number of benzene rings is 3. The van der Waals surface area contributed by atoms with Crippen molar-refractivity contribution in [2.45, 2.75) is 0 Å². The van der Waals surface area contributed by atoms with Crippen LogP contribution in [0.5, 0.6) is 0 Å².